The number of halogens is 3. The number of nitrogens with one attached hydrogen (secondary N) is 1. The van der Waals surface area contributed by atoms with Crippen LogP contribution in [0.1, 0.15) is 0 Å². The molecule has 106 valence electrons. The molecule has 2 aromatic carbocycles. The maximum absolute atomic E-state index is 13.6. The molecule has 0 fully saturated rings. The second-order valence-corrected chi connectivity index (χ2v) is 4.32. The second-order valence-electron chi connectivity index (χ2n) is 4.32. The fraction of sp³-hybridized carbons (Fsp3) is 0. The number of rotatable bonds is 2. The summed E-state index contributed by atoms with van der Waals surface area (Å²) >= 11 is 0. The van der Waals surface area contributed by atoms with Gasteiger partial charge in [-0.1, -0.05) is 12.1 Å². The Hall–Kier alpha value is -2.83. The van der Waals surface area contributed by atoms with E-state index in [1.54, 1.807) is 24.3 Å². The van der Waals surface area contributed by atoms with E-state index in [-0.39, 0.29) is 17.3 Å². The maximum atomic E-state index is 13.6. The first-order valence-electron chi connectivity index (χ1n) is 5.98. The topological polar surface area (TPSA) is 63.8 Å². The fourth-order valence-electron chi connectivity index (χ4n) is 1.85. The summed E-state index contributed by atoms with van der Waals surface area (Å²) in [6.45, 7) is 0. The van der Waals surface area contributed by atoms with Crippen molar-refractivity contribution >= 4 is 28.4 Å². The molecule has 0 aliphatic rings. The lowest BCUT2D eigenvalue weighted by Crippen LogP contribution is -2.04. The summed E-state index contributed by atoms with van der Waals surface area (Å²) in [5, 5.41) is 2.52. The Morgan fingerprint density at radius 2 is 1.48 bits per heavy atom. The number of hydrogen-bond donors (Lipinski definition) is 2. The van der Waals surface area contributed by atoms with Crippen molar-refractivity contribution in [2.45, 2.75) is 0 Å². The lowest BCUT2D eigenvalue weighted by Gasteiger charge is -2.10. The summed E-state index contributed by atoms with van der Waals surface area (Å²) < 4.78 is 39.7. The summed E-state index contributed by atoms with van der Waals surface area (Å²) in [5.74, 6) is -3.30. The summed E-state index contributed by atoms with van der Waals surface area (Å²) in [5.41, 5.74) is 6.57. The van der Waals surface area contributed by atoms with Gasteiger partial charge in [0.2, 0.25) is 0 Å². The van der Waals surface area contributed by atoms with Crippen molar-refractivity contribution in [1.82, 2.24) is 9.97 Å². The lowest BCUT2D eigenvalue weighted by atomic mass is 10.2. The second kappa shape index (κ2) is 4.93. The Morgan fingerprint density at radius 1 is 0.857 bits per heavy atom. The highest BCUT2D eigenvalue weighted by atomic mass is 19.2. The van der Waals surface area contributed by atoms with Crippen molar-refractivity contribution in [3.05, 3.63) is 53.8 Å². The molecule has 0 bridgehead atoms. The number of fused-ring (bicyclic) bond motifs is 1. The van der Waals surface area contributed by atoms with Gasteiger partial charge in [0.1, 0.15) is 5.82 Å². The molecule has 0 unspecified atom stereocenters. The predicted octanol–water partition coefficient (Wildman–Crippen LogP) is 3.37. The summed E-state index contributed by atoms with van der Waals surface area (Å²) in [6, 6.07) is 8.10. The molecule has 1 heterocycles. The van der Waals surface area contributed by atoms with E-state index >= 15 is 0 Å². The van der Waals surface area contributed by atoms with Gasteiger partial charge in [-0.05, 0) is 12.1 Å². The Morgan fingerprint density at radius 3 is 2.19 bits per heavy atom. The molecule has 0 spiro atoms. The van der Waals surface area contributed by atoms with Crippen LogP contribution in [0.3, 0.4) is 0 Å². The van der Waals surface area contributed by atoms with Gasteiger partial charge in [-0.15, -0.1) is 0 Å². The molecule has 0 aliphatic carbocycles. The van der Waals surface area contributed by atoms with Crippen LogP contribution in [0, 0.1) is 17.5 Å². The van der Waals surface area contributed by atoms with E-state index in [2.05, 4.69) is 15.3 Å². The minimum Gasteiger partial charge on any atom is -0.381 e. The summed E-state index contributed by atoms with van der Waals surface area (Å²) in [6.07, 6.45) is 0. The Bertz CT molecular complexity index is 836. The zero-order chi connectivity index (χ0) is 15.0. The van der Waals surface area contributed by atoms with Crippen molar-refractivity contribution < 1.29 is 13.2 Å². The smallest absolute Gasteiger partial charge is 0.174 e. The van der Waals surface area contributed by atoms with Gasteiger partial charge in [-0.3, -0.25) is 0 Å². The molecule has 3 aromatic rings. The zero-order valence-corrected chi connectivity index (χ0v) is 10.6. The minimum absolute atomic E-state index is 0.0258. The van der Waals surface area contributed by atoms with Crippen LogP contribution in [0.15, 0.2) is 36.4 Å². The highest BCUT2D eigenvalue weighted by Crippen LogP contribution is 2.25. The van der Waals surface area contributed by atoms with Crippen molar-refractivity contribution in [3.8, 4) is 0 Å². The van der Waals surface area contributed by atoms with E-state index in [0.717, 1.165) is 0 Å². The van der Waals surface area contributed by atoms with Crippen LogP contribution < -0.4 is 11.1 Å². The molecule has 4 nitrogen and oxygen atoms in total. The van der Waals surface area contributed by atoms with E-state index in [1.165, 1.54) is 0 Å². The number of aromatic nitrogens is 2. The standard InChI is InChI=1S/C14H9F3N4/c15-7-5-9(17)12(6-8(7)16)21-14-13(18)19-10-3-1-2-4-11(10)20-14/h1-6H,(H2,18,19)(H,20,21). The van der Waals surface area contributed by atoms with Gasteiger partial charge in [-0.25, -0.2) is 23.1 Å². The average Bonchev–Trinajstić information content (AvgIpc) is 2.45. The Kier molecular flexibility index (Phi) is 3.09. The van der Waals surface area contributed by atoms with Crippen molar-refractivity contribution in [3.63, 3.8) is 0 Å². The molecule has 21 heavy (non-hydrogen) atoms. The zero-order valence-electron chi connectivity index (χ0n) is 10.6. The summed E-state index contributed by atoms with van der Waals surface area (Å²) in [4.78, 5) is 8.29. The van der Waals surface area contributed by atoms with Crippen molar-refractivity contribution in [2.24, 2.45) is 0 Å². The first-order valence-corrected chi connectivity index (χ1v) is 5.98. The number of hydrogen-bond acceptors (Lipinski definition) is 4. The summed E-state index contributed by atoms with van der Waals surface area (Å²) in [7, 11) is 0. The third-order valence-electron chi connectivity index (χ3n) is 2.86. The van der Waals surface area contributed by atoms with Gasteiger partial charge in [-0.2, -0.15) is 0 Å². The third-order valence-corrected chi connectivity index (χ3v) is 2.86. The van der Waals surface area contributed by atoms with Gasteiger partial charge in [0.05, 0.1) is 16.7 Å². The molecule has 3 N–H and O–H groups in total. The monoisotopic (exact) mass is 290 g/mol. The van der Waals surface area contributed by atoms with Gasteiger partial charge in [0.25, 0.3) is 0 Å². The normalized spacial score (nSPS) is 10.8. The fourth-order valence-corrected chi connectivity index (χ4v) is 1.85. The van der Waals surface area contributed by atoms with Crippen LogP contribution in [-0.4, -0.2) is 9.97 Å². The van der Waals surface area contributed by atoms with E-state index in [1.807, 2.05) is 0 Å². The van der Waals surface area contributed by atoms with Crippen molar-refractivity contribution in [1.29, 1.82) is 0 Å². The molecule has 7 heteroatoms. The van der Waals surface area contributed by atoms with Crippen molar-refractivity contribution in [2.75, 3.05) is 11.1 Å². The molecule has 0 radical (unpaired) electrons. The number of nitrogens with two attached hydrogens (primary N) is 1. The highest BCUT2D eigenvalue weighted by molar-refractivity contribution is 5.80. The maximum Gasteiger partial charge on any atom is 0.174 e. The van der Waals surface area contributed by atoms with Crippen LogP contribution in [0.5, 0.6) is 0 Å². The molecule has 0 aliphatic heterocycles. The van der Waals surface area contributed by atoms with E-state index < -0.39 is 17.5 Å². The van der Waals surface area contributed by atoms with E-state index in [4.69, 9.17) is 5.73 Å². The predicted molar refractivity (Wildman–Crippen MR) is 73.5 cm³/mol. The number of benzene rings is 2. The molecular weight excluding hydrogens is 281 g/mol. The molecule has 0 saturated carbocycles. The average molecular weight is 290 g/mol. The van der Waals surface area contributed by atoms with Gasteiger partial charge in [0, 0.05) is 12.1 Å². The van der Waals surface area contributed by atoms with Crippen LogP contribution in [-0.2, 0) is 0 Å². The SMILES string of the molecule is Nc1nc2ccccc2nc1Nc1cc(F)c(F)cc1F. The van der Waals surface area contributed by atoms with Crippen LogP contribution in [0.2, 0.25) is 0 Å². The van der Waals surface area contributed by atoms with Gasteiger partial charge >= 0.3 is 0 Å². The van der Waals surface area contributed by atoms with Crippen LogP contribution >= 0.6 is 0 Å². The molecule has 0 amide bonds. The number of nitrogen functional groups attached to an aromatic ring is 1. The largest absolute Gasteiger partial charge is 0.381 e. The Balaban J connectivity index is 2.05. The van der Waals surface area contributed by atoms with Crippen LogP contribution in [0.4, 0.5) is 30.5 Å². The number of anilines is 3. The first-order chi connectivity index (χ1) is 10.0. The molecule has 1 aromatic heterocycles. The van der Waals surface area contributed by atoms with E-state index in [0.29, 0.717) is 23.2 Å². The molecular formula is C14H9F3N4. The lowest BCUT2D eigenvalue weighted by molar-refractivity contribution is 0.496. The van der Waals surface area contributed by atoms with E-state index in [9.17, 15) is 13.2 Å². The number of para-hydroxylation sites is 2. The quantitative estimate of drug-likeness (QED) is 0.710. The van der Waals surface area contributed by atoms with Crippen LogP contribution in [0.25, 0.3) is 11.0 Å². The van der Waals surface area contributed by atoms with Gasteiger partial charge in [0.15, 0.2) is 23.3 Å². The first kappa shape index (κ1) is 13.2. The Labute approximate surface area is 117 Å². The molecule has 0 saturated heterocycles. The van der Waals surface area contributed by atoms with Gasteiger partial charge < -0.3 is 11.1 Å². The highest BCUT2D eigenvalue weighted by Gasteiger charge is 2.12. The molecule has 3 rings (SSSR count). The molecule has 0 atom stereocenters. The number of nitrogens with zero attached hydrogens (tertiary/aromatic N) is 2. The third kappa shape index (κ3) is 2.45. The minimum atomic E-state index is -1.27.